The number of ether oxygens (including phenoxy) is 1. The van der Waals surface area contributed by atoms with E-state index in [0.717, 1.165) is 23.0 Å². The van der Waals surface area contributed by atoms with Gasteiger partial charge in [0.15, 0.2) is 0 Å². The summed E-state index contributed by atoms with van der Waals surface area (Å²) in [7, 11) is 0. The third-order valence-electron chi connectivity index (χ3n) is 3.57. The number of nitrogens with zero attached hydrogens (tertiary/aromatic N) is 1. The second-order valence-electron chi connectivity index (χ2n) is 4.63. The fourth-order valence-corrected chi connectivity index (χ4v) is 3.20. The molecular weight excluding hydrogens is 280 g/mol. The Morgan fingerprint density at radius 2 is 2.29 bits per heavy atom. The molecule has 3 atom stereocenters. The van der Waals surface area contributed by atoms with Gasteiger partial charge in [0.05, 0.1) is 29.5 Å². The first-order chi connectivity index (χ1) is 8.28. The molecule has 0 spiro atoms. The molecule has 0 aliphatic carbocycles. The van der Waals surface area contributed by atoms with Gasteiger partial charge in [-0.1, -0.05) is 6.07 Å². The average Bonchev–Trinajstić information content (AvgIpc) is 2.91. The molecule has 3 nitrogen and oxygen atoms in total. The third-order valence-corrected chi connectivity index (χ3v) is 4.23. The Balaban J connectivity index is 1.82. The normalized spacial score (nSPS) is 30.2. The molecule has 0 saturated carbocycles. The lowest BCUT2D eigenvalue weighted by atomic mass is 9.95. The molecule has 0 radical (unpaired) electrons. The van der Waals surface area contributed by atoms with Gasteiger partial charge in [-0.2, -0.15) is 5.26 Å². The van der Waals surface area contributed by atoms with Gasteiger partial charge < -0.3 is 10.1 Å². The second-order valence-corrected chi connectivity index (χ2v) is 5.49. The molecule has 2 heterocycles. The van der Waals surface area contributed by atoms with Crippen molar-refractivity contribution in [1.82, 2.24) is 0 Å². The maximum atomic E-state index is 9.15. The third kappa shape index (κ3) is 1.94. The summed E-state index contributed by atoms with van der Waals surface area (Å²) in [5.74, 6) is 0. The summed E-state index contributed by atoms with van der Waals surface area (Å²) >= 11 is 3.40. The number of halogens is 1. The van der Waals surface area contributed by atoms with Crippen LogP contribution in [0.5, 0.6) is 0 Å². The van der Waals surface area contributed by atoms with E-state index in [1.165, 1.54) is 6.42 Å². The molecule has 1 aromatic carbocycles. The molecule has 2 aliphatic heterocycles. The van der Waals surface area contributed by atoms with Crippen LogP contribution >= 0.6 is 15.9 Å². The highest BCUT2D eigenvalue weighted by Gasteiger charge is 2.40. The van der Waals surface area contributed by atoms with Crippen LogP contribution in [0.2, 0.25) is 0 Å². The van der Waals surface area contributed by atoms with E-state index in [-0.39, 0.29) is 0 Å². The van der Waals surface area contributed by atoms with Gasteiger partial charge in [-0.05, 0) is 47.3 Å². The Bertz CT molecular complexity index is 483. The lowest BCUT2D eigenvalue weighted by Gasteiger charge is -2.22. The maximum absolute atomic E-state index is 9.15. The minimum absolute atomic E-state index is 0.325. The van der Waals surface area contributed by atoms with Crippen molar-refractivity contribution < 1.29 is 4.74 Å². The molecule has 0 aromatic heterocycles. The van der Waals surface area contributed by atoms with Crippen molar-refractivity contribution in [2.45, 2.75) is 37.5 Å². The van der Waals surface area contributed by atoms with Gasteiger partial charge in [0.1, 0.15) is 6.07 Å². The molecule has 2 aliphatic rings. The molecule has 88 valence electrons. The van der Waals surface area contributed by atoms with Crippen LogP contribution in [0.4, 0.5) is 5.69 Å². The molecule has 1 aromatic rings. The fraction of sp³-hybridized carbons (Fsp3) is 0.462. The van der Waals surface area contributed by atoms with E-state index in [9.17, 15) is 0 Å². The van der Waals surface area contributed by atoms with Crippen LogP contribution in [0.15, 0.2) is 22.7 Å². The van der Waals surface area contributed by atoms with E-state index in [1.54, 1.807) is 0 Å². The minimum Gasteiger partial charge on any atom is -0.378 e. The van der Waals surface area contributed by atoms with E-state index in [1.807, 2.05) is 18.2 Å². The summed E-state index contributed by atoms with van der Waals surface area (Å²) in [4.78, 5) is 0. The number of hydrogen-bond donors (Lipinski definition) is 1. The standard InChI is InChI=1S/C13H13BrN2O/c14-10-2-1-3-11(9(10)7-15)16-12-6-8-4-5-13(12)17-8/h1-3,8,12-13,16H,4-6H2. The van der Waals surface area contributed by atoms with Crippen molar-refractivity contribution in [3.8, 4) is 6.07 Å². The molecule has 2 bridgehead atoms. The van der Waals surface area contributed by atoms with Gasteiger partial charge in [-0.3, -0.25) is 0 Å². The number of rotatable bonds is 2. The molecule has 4 heteroatoms. The van der Waals surface area contributed by atoms with Crippen molar-refractivity contribution >= 4 is 21.6 Å². The first kappa shape index (κ1) is 11.1. The predicted molar refractivity (Wildman–Crippen MR) is 68.8 cm³/mol. The maximum Gasteiger partial charge on any atom is 0.103 e. The highest BCUT2D eigenvalue weighted by Crippen LogP contribution is 2.36. The van der Waals surface area contributed by atoms with E-state index in [4.69, 9.17) is 10.00 Å². The van der Waals surface area contributed by atoms with Gasteiger partial charge in [0.2, 0.25) is 0 Å². The van der Waals surface area contributed by atoms with Crippen LogP contribution < -0.4 is 5.32 Å². The Morgan fingerprint density at radius 1 is 1.41 bits per heavy atom. The van der Waals surface area contributed by atoms with Gasteiger partial charge in [-0.15, -0.1) is 0 Å². The van der Waals surface area contributed by atoms with E-state index in [2.05, 4.69) is 27.3 Å². The Labute approximate surface area is 109 Å². The predicted octanol–water partition coefficient (Wildman–Crippen LogP) is 3.05. The summed E-state index contributed by atoms with van der Waals surface area (Å²) in [6.45, 7) is 0. The van der Waals surface area contributed by atoms with E-state index in [0.29, 0.717) is 23.8 Å². The second kappa shape index (κ2) is 4.32. The van der Waals surface area contributed by atoms with Crippen molar-refractivity contribution in [1.29, 1.82) is 5.26 Å². The fourth-order valence-electron chi connectivity index (χ4n) is 2.75. The van der Waals surface area contributed by atoms with E-state index >= 15 is 0 Å². The highest BCUT2D eigenvalue weighted by atomic mass is 79.9. The number of fused-ring (bicyclic) bond motifs is 2. The van der Waals surface area contributed by atoms with Crippen LogP contribution in [0.25, 0.3) is 0 Å². The minimum atomic E-state index is 0.325. The lowest BCUT2D eigenvalue weighted by Crippen LogP contribution is -2.30. The van der Waals surface area contributed by atoms with Gasteiger partial charge in [-0.25, -0.2) is 0 Å². The van der Waals surface area contributed by atoms with Crippen molar-refractivity contribution in [2.24, 2.45) is 0 Å². The lowest BCUT2D eigenvalue weighted by molar-refractivity contribution is 0.102. The Kier molecular flexibility index (Phi) is 2.81. The summed E-state index contributed by atoms with van der Waals surface area (Å²) in [6, 6.07) is 8.38. The topological polar surface area (TPSA) is 45.0 Å². The summed E-state index contributed by atoms with van der Waals surface area (Å²) in [6.07, 6.45) is 4.13. The average molecular weight is 293 g/mol. The first-order valence-corrected chi connectivity index (χ1v) is 6.68. The van der Waals surface area contributed by atoms with Crippen LogP contribution in [0.3, 0.4) is 0 Å². The van der Waals surface area contributed by atoms with Crippen molar-refractivity contribution in [3.05, 3.63) is 28.2 Å². The van der Waals surface area contributed by atoms with Crippen LogP contribution in [0.1, 0.15) is 24.8 Å². The highest BCUT2D eigenvalue weighted by molar-refractivity contribution is 9.10. The molecule has 3 unspecified atom stereocenters. The summed E-state index contributed by atoms with van der Waals surface area (Å²) in [5, 5.41) is 12.6. The zero-order chi connectivity index (χ0) is 11.8. The Morgan fingerprint density at radius 3 is 2.94 bits per heavy atom. The zero-order valence-electron chi connectivity index (χ0n) is 9.32. The smallest absolute Gasteiger partial charge is 0.103 e. The first-order valence-electron chi connectivity index (χ1n) is 5.88. The van der Waals surface area contributed by atoms with Crippen molar-refractivity contribution in [2.75, 3.05) is 5.32 Å². The monoisotopic (exact) mass is 292 g/mol. The molecular formula is C13H13BrN2O. The number of nitrogens with one attached hydrogen (secondary N) is 1. The number of nitriles is 1. The molecule has 2 fully saturated rings. The Hall–Kier alpha value is -1.05. The molecule has 3 rings (SSSR count). The van der Waals surface area contributed by atoms with Crippen molar-refractivity contribution in [3.63, 3.8) is 0 Å². The molecule has 2 saturated heterocycles. The van der Waals surface area contributed by atoms with Crippen LogP contribution in [-0.4, -0.2) is 18.2 Å². The molecule has 1 N–H and O–H groups in total. The van der Waals surface area contributed by atoms with Gasteiger partial charge >= 0.3 is 0 Å². The number of benzene rings is 1. The van der Waals surface area contributed by atoms with Crippen LogP contribution in [0, 0.1) is 11.3 Å². The SMILES string of the molecule is N#Cc1c(Br)cccc1NC1CC2CCC1O2. The number of hydrogen-bond acceptors (Lipinski definition) is 3. The largest absolute Gasteiger partial charge is 0.378 e. The van der Waals surface area contributed by atoms with Crippen LogP contribution in [-0.2, 0) is 4.74 Å². The zero-order valence-corrected chi connectivity index (χ0v) is 10.9. The summed E-state index contributed by atoms with van der Waals surface area (Å²) < 4.78 is 6.65. The van der Waals surface area contributed by atoms with Gasteiger partial charge in [0, 0.05) is 4.47 Å². The molecule has 0 amide bonds. The number of anilines is 1. The van der Waals surface area contributed by atoms with Gasteiger partial charge in [0.25, 0.3) is 0 Å². The quantitative estimate of drug-likeness (QED) is 0.911. The summed E-state index contributed by atoms with van der Waals surface area (Å²) in [5.41, 5.74) is 1.58. The van der Waals surface area contributed by atoms with E-state index < -0.39 is 0 Å². The molecule has 17 heavy (non-hydrogen) atoms.